The topological polar surface area (TPSA) is 63.7 Å². The number of sulfone groups is 1. The molecule has 31 heavy (non-hydrogen) atoms. The first-order valence-electron chi connectivity index (χ1n) is 11.0. The van der Waals surface area contributed by atoms with E-state index in [1.54, 1.807) is 12.2 Å². The molecule has 170 valence electrons. The standard InChI is InChI=1S/C21H23NO4S.2C2H6/c23-20(9-6-18-4-2-1-3-5-18)12-15-26-21-10-7-19(8-11-21)22-13-16-27(24,25)17-14-22;2*1-2/h1-11H,12-17H2;2*1-2H3/b9-6+;;. The highest BCUT2D eigenvalue weighted by Gasteiger charge is 2.21. The van der Waals surface area contributed by atoms with Crippen LogP contribution in [0.3, 0.4) is 0 Å². The van der Waals surface area contributed by atoms with Crippen LogP contribution in [-0.2, 0) is 14.6 Å². The summed E-state index contributed by atoms with van der Waals surface area (Å²) in [6.07, 6.45) is 3.69. The van der Waals surface area contributed by atoms with Gasteiger partial charge in [-0.2, -0.15) is 0 Å². The lowest BCUT2D eigenvalue weighted by molar-refractivity contribution is -0.115. The molecule has 2 aromatic rings. The number of benzene rings is 2. The molecular formula is C25H35NO4S. The van der Waals surface area contributed by atoms with Crippen LogP contribution in [0.15, 0.2) is 60.7 Å². The van der Waals surface area contributed by atoms with E-state index < -0.39 is 9.84 Å². The van der Waals surface area contributed by atoms with Gasteiger partial charge in [-0.25, -0.2) is 8.42 Å². The number of hydrogen-bond acceptors (Lipinski definition) is 5. The molecule has 1 saturated heterocycles. The number of anilines is 1. The second-order valence-electron chi connectivity index (χ2n) is 6.44. The minimum atomic E-state index is -2.88. The lowest BCUT2D eigenvalue weighted by Gasteiger charge is -2.28. The van der Waals surface area contributed by atoms with Crippen LogP contribution in [-0.4, -0.2) is 45.4 Å². The predicted octanol–water partition coefficient (Wildman–Crippen LogP) is 5.03. The molecule has 0 radical (unpaired) electrons. The molecule has 0 saturated carbocycles. The van der Waals surface area contributed by atoms with E-state index in [-0.39, 0.29) is 17.3 Å². The summed E-state index contributed by atoms with van der Waals surface area (Å²) >= 11 is 0. The summed E-state index contributed by atoms with van der Waals surface area (Å²) in [6, 6.07) is 17.2. The Balaban J connectivity index is 0.00000113. The van der Waals surface area contributed by atoms with Crippen molar-refractivity contribution in [2.45, 2.75) is 34.1 Å². The minimum Gasteiger partial charge on any atom is -0.493 e. The number of nitrogens with zero attached hydrogens (tertiary/aromatic N) is 1. The Morgan fingerprint density at radius 3 is 2.10 bits per heavy atom. The Morgan fingerprint density at radius 2 is 1.52 bits per heavy atom. The van der Waals surface area contributed by atoms with E-state index in [2.05, 4.69) is 4.90 Å². The Kier molecular flexibility index (Phi) is 12.3. The van der Waals surface area contributed by atoms with Crippen LogP contribution >= 0.6 is 0 Å². The third-order valence-electron chi connectivity index (χ3n) is 4.42. The summed E-state index contributed by atoms with van der Waals surface area (Å²) in [4.78, 5) is 14.0. The predicted molar refractivity (Wildman–Crippen MR) is 131 cm³/mol. The second-order valence-corrected chi connectivity index (χ2v) is 8.75. The van der Waals surface area contributed by atoms with Crippen molar-refractivity contribution in [1.29, 1.82) is 0 Å². The Morgan fingerprint density at radius 1 is 0.935 bits per heavy atom. The molecule has 3 rings (SSSR count). The van der Waals surface area contributed by atoms with Crippen LogP contribution in [0.5, 0.6) is 5.75 Å². The summed E-state index contributed by atoms with van der Waals surface area (Å²) in [5.41, 5.74) is 1.98. The molecule has 1 heterocycles. The van der Waals surface area contributed by atoms with Gasteiger partial charge in [0.15, 0.2) is 15.6 Å². The number of ether oxygens (including phenoxy) is 1. The van der Waals surface area contributed by atoms with Gasteiger partial charge in [0.2, 0.25) is 0 Å². The summed E-state index contributed by atoms with van der Waals surface area (Å²) in [5, 5.41) is 0. The number of carbonyl (C=O) groups is 1. The van der Waals surface area contributed by atoms with Gasteiger partial charge in [-0.1, -0.05) is 64.1 Å². The first kappa shape index (κ1) is 26.4. The summed E-state index contributed by atoms with van der Waals surface area (Å²) < 4.78 is 28.6. The Labute approximate surface area is 187 Å². The molecule has 0 atom stereocenters. The highest BCUT2D eigenvalue weighted by atomic mass is 32.2. The fourth-order valence-corrected chi connectivity index (χ4v) is 4.03. The first-order chi connectivity index (χ1) is 15.0. The van der Waals surface area contributed by atoms with Crippen molar-refractivity contribution >= 4 is 27.4 Å². The zero-order valence-electron chi connectivity index (χ0n) is 19.1. The lowest BCUT2D eigenvalue weighted by atomic mass is 10.2. The quantitative estimate of drug-likeness (QED) is 0.560. The highest BCUT2D eigenvalue weighted by Crippen LogP contribution is 2.21. The largest absolute Gasteiger partial charge is 0.493 e. The van der Waals surface area contributed by atoms with E-state index in [4.69, 9.17) is 4.74 Å². The smallest absolute Gasteiger partial charge is 0.159 e. The van der Waals surface area contributed by atoms with Gasteiger partial charge in [0, 0.05) is 25.2 Å². The van der Waals surface area contributed by atoms with E-state index in [9.17, 15) is 13.2 Å². The Hall–Kier alpha value is -2.60. The lowest BCUT2D eigenvalue weighted by Crippen LogP contribution is -2.40. The molecular weight excluding hydrogens is 410 g/mol. The van der Waals surface area contributed by atoms with E-state index in [1.807, 2.05) is 82.3 Å². The summed E-state index contributed by atoms with van der Waals surface area (Å²) in [5.74, 6) is 1.11. The fraction of sp³-hybridized carbons (Fsp3) is 0.400. The van der Waals surface area contributed by atoms with Crippen molar-refractivity contribution in [2.24, 2.45) is 0 Å². The van der Waals surface area contributed by atoms with Crippen molar-refractivity contribution in [1.82, 2.24) is 0 Å². The van der Waals surface area contributed by atoms with Crippen molar-refractivity contribution in [3.05, 3.63) is 66.2 Å². The van der Waals surface area contributed by atoms with Gasteiger partial charge < -0.3 is 9.64 Å². The van der Waals surface area contributed by atoms with Gasteiger partial charge in [0.1, 0.15) is 5.75 Å². The maximum Gasteiger partial charge on any atom is 0.159 e. The zero-order chi connectivity index (χ0) is 23.1. The van der Waals surface area contributed by atoms with Gasteiger partial charge >= 0.3 is 0 Å². The first-order valence-corrected chi connectivity index (χ1v) is 12.8. The van der Waals surface area contributed by atoms with Gasteiger partial charge in [0.05, 0.1) is 18.1 Å². The molecule has 2 aromatic carbocycles. The van der Waals surface area contributed by atoms with Crippen molar-refractivity contribution < 1.29 is 17.9 Å². The molecule has 6 heteroatoms. The minimum absolute atomic E-state index is 0.0185. The third kappa shape index (κ3) is 9.83. The van der Waals surface area contributed by atoms with Crippen LogP contribution in [0.2, 0.25) is 0 Å². The summed E-state index contributed by atoms with van der Waals surface area (Å²) in [7, 11) is -2.88. The van der Waals surface area contributed by atoms with Gasteiger partial charge in [-0.05, 0) is 35.9 Å². The molecule has 0 bridgehead atoms. The van der Waals surface area contributed by atoms with Crippen LogP contribution < -0.4 is 9.64 Å². The van der Waals surface area contributed by atoms with E-state index in [0.717, 1.165) is 11.3 Å². The molecule has 0 aromatic heterocycles. The van der Waals surface area contributed by atoms with E-state index in [0.29, 0.717) is 31.9 Å². The van der Waals surface area contributed by atoms with Gasteiger partial charge in [0.25, 0.3) is 0 Å². The molecule has 0 N–H and O–H groups in total. The van der Waals surface area contributed by atoms with Gasteiger partial charge in [-0.3, -0.25) is 4.79 Å². The van der Waals surface area contributed by atoms with Crippen molar-refractivity contribution in [2.75, 3.05) is 36.1 Å². The van der Waals surface area contributed by atoms with Crippen LogP contribution in [0, 0.1) is 0 Å². The van der Waals surface area contributed by atoms with Crippen LogP contribution in [0.25, 0.3) is 6.08 Å². The number of hydrogen-bond donors (Lipinski definition) is 0. The monoisotopic (exact) mass is 445 g/mol. The number of carbonyl (C=O) groups excluding carboxylic acids is 1. The molecule has 1 aliphatic heterocycles. The van der Waals surface area contributed by atoms with Crippen LogP contribution in [0.1, 0.15) is 39.7 Å². The number of rotatable bonds is 7. The summed E-state index contributed by atoms with van der Waals surface area (Å²) in [6.45, 7) is 9.36. The normalized spacial score (nSPS) is 14.6. The van der Waals surface area contributed by atoms with E-state index >= 15 is 0 Å². The number of allylic oxidation sites excluding steroid dienone is 1. The van der Waals surface area contributed by atoms with Crippen molar-refractivity contribution in [3.8, 4) is 5.75 Å². The Bertz CT molecular complexity index is 877. The zero-order valence-corrected chi connectivity index (χ0v) is 19.9. The van der Waals surface area contributed by atoms with Crippen LogP contribution in [0.4, 0.5) is 5.69 Å². The second kappa shape index (κ2) is 14.4. The molecule has 1 aliphatic rings. The molecule has 0 unspecified atom stereocenters. The molecule has 0 spiro atoms. The molecule has 1 fully saturated rings. The molecule has 0 amide bonds. The number of ketones is 1. The molecule has 0 aliphatic carbocycles. The van der Waals surface area contributed by atoms with Gasteiger partial charge in [-0.15, -0.1) is 0 Å². The average molecular weight is 446 g/mol. The van der Waals surface area contributed by atoms with Crippen molar-refractivity contribution in [3.63, 3.8) is 0 Å². The molecule has 5 nitrogen and oxygen atoms in total. The third-order valence-corrected chi connectivity index (χ3v) is 6.03. The maximum absolute atomic E-state index is 11.9. The average Bonchev–Trinajstić information content (AvgIpc) is 2.82. The van der Waals surface area contributed by atoms with E-state index in [1.165, 1.54) is 0 Å². The SMILES string of the molecule is CC.CC.O=C(/C=C/c1ccccc1)CCOc1ccc(N2CCS(=O)(=O)CC2)cc1. The maximum atomic E-state index is 11.9. The highest BCUT2D eigenvalue weighted by molar-refractivity contribution is 7.91. The fourth-order valence-electron chi connectivity index (χ4n) is 2.83.